The normalized spacial score (nSPS) is 11.4. The van der Waals surface area contributed by atoms with Crippen molar-refractivity contribution >= 4 is 56.3 Å². The van der Waals surface area contributed by atoms with Crippen LogP contribution in [-0.2, 0) is 17.4 Å². The maximum Gasteiger partial charge on any atom is 0.416 e. The number of aromatic nitrogens is 3. The molecule has 12 heteroatoms. The van der Waals surface area contributed by atoms with Crippen LogP contribution in [0.3, 0.4) is 0 Å². The van der Waals surface area contributed by atoms with Gasteiger partial charge in [-0.05, 0) is 24.0 Å². The average Bonchev–Trinajstić information content (AvgIpc) is 3.24. The predicted octanol–water partition coefficient (Wildman–Crippen LogP) is 5.05. The minimum absolute atomic E-state index is 0.0244. The summed E-state index contributed by atoms with van der Waals surface area (Å²) < 4.78 is 39.1. The van der Waals surface area contributed by atoms with Crippen LogP contribution in [-0.4, -0.2) is 26.8 Å². The lowest BCUT2D eigenvalue weighted by atomic mass is 10.2. The maximum absolute atomic E-state index is 12.8. The van der Waals surface area contributed by atoms with Crippen molar-refractivity contribution in [1.82, 2.24) is 15.2 Å². The Bertz CT molecular complexity index is 957. The smallest absolute Gasteiger partial charge is 0.332 e. The molecule has 2 heterocycles. The van der Waals surface area contributed by atoms with Crippen molar-refractivity contribution in [3.8, 4) is 0 Å². The summed E-state index contributed by atoms with van der Waals surface area (Å²) in [6, 6.07) is 4.85. The van der Waals surface area contributed by atoms with E-state index in [1.54, 1.807) is 5.38 Å². The number of carbonyl (C=O) groups excluding carboxylic acids is 1. The molecule has 3 rings (SSSR count). The second-order valence-corrected chi connectivity index (χ2v) is 8.73. The Morgan fingerprint density at radius 3 is 2.82 bits per heavy atom. The number of halogens is 3. The molecule has 0 saturated carbocycles. The topological polar surface area (TPSA) is 79.8 Å². The third kappa shape index (κ3) is 5.66. The van der Waals surface area contributed by atoms with Crippen LogP contribution in [0.1, 0.15) is 18.2 Å². The highest BCUT2D eigenvalue weighted by Crippen LogP contribution is 2.32. The van der Waals surface area contributed by atoms with E-state index >= 15 is 0 Å². The van der Waals surface area contributed by atoms with Crippen LogP contribution in [0, 0.1) is 0 Å². The predicted molar refractivity (Wildman–Crippen MR) is 105 cm³/mol. The molecular weight excluding hydrogens is 431 g/mol. The van der Waals surface area contributed by atoms with Gasteiger partial charge in [-0.15, -0.1) is 21.5 Å². The molecule has 148 valence electrons. The van der Waals surface area contributed by atoms with Crippen LogP contribution < -0.4 is 10.6 Å². The van der Waals surface area contributed by atoms with Gasteiger partial charge in [-0.25, -0.2) is 4.98 Å². The van der Waals surface area contributed by atoms with Gasteiger partial charge in [0, 0.05) is 11.1 Å². The Hall–Kier alpha value is -2.18. The van der Waals surface area contributed by atoms with E-state index in [1.165, 1.54) is 46.6 Å². The fourth-order valence-corrected chi connectivity index (χ4v) is 4.51. The molecule has 2 N–H and O–H groups in total. The molecule has 0 unspecified atom stereocenters. The minimum Gasteiger partial charge on any atom is -0.332 e. The van der Waals surface area contributed by atoms with Gasteiger partial charge in [-0.3, -0.25) is 4.79 Å². The molecule has 2 aromatic heterocycles. The monoisotopic (exact) mass is 445 g/mol. The highest BCUT2D eigenvalue weighted by Gasteiger charge is 2.30. The van der Waals surface area contributed by atoms with Crippen molar-refractivity contribution in [1.29, 1.82) is 0 Å². The first-order valence-electron chi connectivity index (χ1n) is 7.98. The van der Waals surface area contributed by atoms with Gasteiger partial charge in [0.15, 0.2) is 9.47 Å². The largest absolute Gasteiger partial charge is 0.416 e. The molecule has 28 heavy (non-hydrogen) atoms. The molecule has 0 bridgehead atoms. The summed E-state index contributed by atoms with van der Waals surface area (Å²) in [7, 11) is 0. The van der Waals surface area contributed by atoms with Gasteiger partial charge in [-0.2, -0.15) is 13.2 Å². The van der Waals surface area contributed by atoms with E-state index in [0.717, 1.165) is 22.2 Å². The van der Waals surface area contributed by atoms with E-state index in [2.05, 4.69) is 25.8 Å². The number of nitrogens with one attached hydrogen (secondary N) is 2. The number of hydrogen-bond donors (Lipinski definition) is 2. The zero-order valence-electron chi connectivity index (χ0n) is 14.4. The maximum atomic E-state index is 12.8. The van der Waals surface area contributed by atoms with Crippen molar-refractivity contribution < 1.29 is 18.0 Å². The fraction of sp³-hybridized carbons (Fsp3) is 0.250. The van der Waals surface area contributed by atoms with E-state index in [9.17, 15) is 18.0 Å². The molecule has 1 aromatic carbocycles. The number of alkyl halides is 3. The lowest BCUT2D eigenvalue weighted by Gasteiger charge is -2.08. The molecule has 0 saturated heterocycles. The first-order chi connectivity index (χ1) is 13.3. The number of amides is 1. The molecule has 0 aliphatic carbocycles. The van der Waals surface area contributed by atoms with Gasteiger partial charge in [0.25, 0.3) is 0 Å². The first-order valence-corrected chi connectivity index (χ1v) is 10.7. The lowest BCUT2D eigenvalue weighted by Crippen LogP contribution is -2.14. The Kier molecular flexibility index (Phi) is 6.52. The second kappa shape index (κ2) is 8.88. The van der Waals surface area contributed by atoms with Crippen molar-refractivity contribution in [3.05, 3.63) is 40.9 Å². The number of nitrogens with zero attached hydrogens (tertiary/aromatic N) is 3. The SMILES string of the molecule is CCSc1nnc(NC(=O)Cc2csc(Nc3cccc(C(F)(F)F)c3)n2)s1. The second-order valence-electron chi connectivity index (χ2n) is 5.38. The summed E-state index contributed by atoms with van der Waals surface area (Å²) in [5.74, 6) is 0.573. The number of carbonyl (C=O) groups is 1. The molecule has 0 radical (unpaired) electrons. The Morgan fingerprint density at radius 2 is 2.07 bits per heavy atom. The van der Waals surface area contributed by atoms with E-state index in [0.29, 0.717) is 16.0 Å². The van der Waals surface area contributed by atoms with E-state index in [1.807, 2.05) is 6.92 Å². The standard InChI is InChI=1S/C16H14F3N5OS3/c1-2-26-15-24-23-14(28-15)22-12(25)7-11-8-27-13(21-11)20-10-5-3-4-9(6-10)16(17,18)19/h3-6,8H,2,7H2,1H3,(H,20,21)(H,22,23,25). The molecule has 0 fully saturated rings. The lowest BCUT2D eigenvalue weighted by molar-refractivity contribution is -0.137. The average molecular weight is 446 g/mol. The van der Waals surface area contributed by atoms with Crippen molar-refractivity contribution in [2.24, 2.45) is 0 Å². The van der Waals surface area contributed by atoms with Gasteiger partial charge in [0.2, 0.25) is 11.0 Å². The van der Waals surface area contributed by atoms with Crippen LogP contribution >= 0.6 is 34.4 Å². The van der Waals surface area contributed by atoms with Crippen LogP contribution in [0.5, 0.6) is 0 Å². The van der Waals surface area contributed by atoms with Gasteiger partial charge in [-0.1, -0.05) is 36.1 Å². The first kappa shape index (κ1) is 20.6. The number of thioether (sulfide) groups is 1. The number of thiazole rings is 1. The molecule has 1 amide bonds. The zero-order chi connectivity index (χ0) is 20.1. The number of anilines is 3. The summed E-state index contributed by atoms with van der Waals surface area (Å²) >= 11 is 4.04. The summed E-state index contributed by atoms with van der Waals surface area (Å²) in [4.78, 5) is 16.4. The molecule has 0 aliphatic rings. The van der Waals surface area contributed by atoms with Crippen LogP contribution in [0.25, 0.3) is 0 Å². The van der Waals surface area contributed by atoms with Crippen LogP contribution in [0.15, 0.2) is 34.0 Å². The molecule has 0 aliphatic heterocycles. The summed E-state index contributed by atoms with van der Waals surface area (Å²) in [6.07, 6.45) is -4.39. The zero-order valence-corrected chi connectivity index (χ0v) is 16.9. The third-order valence-corrected chi connectivity index (χ3v) is 5.92. The van der Waals surface area contributed by atoms with Gasteiger partial charge < -0.3 is 10.6 Å². The van der Waals surface area contributed by atoms with E-state index in [4.69, 9.17) is 0 Å². The Morgan fingerprint density at radius 1 is 1.25 bits per heavy atom. The third-order valence-electron chi connectivity index (χ3n) is 3.26. The molecule has 0 atom stereocenters. The molecule has 3 aromatic rings. The number of rotatable bonds is 7. The van der Waals surface area contributed by atoms with Crippen LogP contribution in [0.4, 0.5) is 29.1 Å². The summed E-state index contributed by atoms with van der Waals surface area (Å²) in [6.45, 7) is 2.00. The Balaban J connectivity index is 1.58. The van der Waals surface area contributed by atoms with Crippen molar-refractivity contribution in [3.63, 3.8) is 0 Å². The van der Waals surface area contributed by atoms with Crippen molar-refractivity contribution in [2.45, 2.75) is 23.9 Å². The highest BCUT2D eigenvalue weighted by molar-refractivity contribution is 8.01. The van der Waals surface area contributed by atoms with Gasteiger partial charge in [0.05, 0.1) is 17.7 Å². The quantitative estimate of drug-likeness (QED) is 0.391. The van der Waals surface area contributed by atoms with E-state index < -0.39 is 11.7 Å². The summed E-state index contributed by atoms with van der Waals surface area (Å²) in [5.41, 5.74) is 0.0333. The van der Waals surface area contributed by atoms with E-state index in [-0.39, 0.29) is 18.0 Å². The van der Waals surface area contributed by atoms with Gasteiger partial charge >= 0.3 is 6.18 Å². The fourth-order valence-electron chi connectivity index (χ4n) is 2.11. The van der Waals surface area contributed by atoms with Gasteiger partial charge in [0.1, 0.15) is 0 Å². The number of benzene rings is 1. The molecule has 6 nitrogen and oxygen atoms in total. The number of hydrogen-bond acceptors (Lipinski definition) is 8. The summed E-state index contributed by atoms with van der Waals surface area (Å²) in [5, 5.41) is 15.8. The minimum atomic E-state index is -4.41. The van der Waals surface area contributed by atoms with Crippen molar-refractivity contribution in [2.75, 3.05) is 16.4 Å². The Labute approximate surface area is 170 Å². The molecular formula is C16H14F3N5OS3. The van der Waals surface area contributed by atoms with Crippen LogP contribution in [0.2, 0.25) is 0 Å². The highest BCUT2D eigenvalue weighted by atomic mass is 32.2. The molecule has 0 spiro atoms.